The maximum absolute atomic E-state index is 5.21. The minimum Gasteiger partial charge on any atom is -0.481 e. The van der Waals surface area contributed by atoms with Gasteiger partial charge in [0.2, 0.25) is 5.88 Å². The molecule has 0 aliphatic rings. The Labute approximate surface area is 103 Å². The van der Waals surface area contributed by atoms with Crippen molar-refractivity contribution in [1.82, 2.24) is 4.98 Å². The van der Waals surface area contributed by atoms with E-state index in [0.29, 0.717) is 11.8 Å². The maximum atomic E-state index is 5.21. The molecule has 1 heterocycles. The first-order valence-corrected chi connectivity index (χ1v) is 6.20. The van der Waals surface area contributed by atoms with Gasteiger partial charge in [0, 0.05) is 11.5 Å². The molecule has 90 valence electrons. The van der Waals surface area contributed by atoms with E-state index in [0.717, 1.165) is 5.52 Å². The van der Waals surface area contributed by atoms with Crippen LogP contribution in [0.5, 0.6) is 5.88 Å². The summed E-state index contributed by atoms with van der Waals surface area (Å²) in [7, 11) is 1.66. The average Bonchev–Trinajstić information content (AvgIpc) is 2.37. The molecule has 2 aromatic rings. The van der Waals surface area contributed by atoms with E-state index in [1.165, 1.54) is 23.8 Å². The third-order valence-corrected chi connectivity index (χ3v) is 3.19. The molecule has 0 aliphatic carbocycles. The van der Waals surface area contributed by atoms with Crippen molar-refractivity contribution in [3.8, 4) is 5.88 Å². The Morgan fingerprint density at radius 3 is 2.76 bits per heavy atom. The second-order valence-corrected chi connectivity index (χ2v) is 4.46. The first kappa shape index (κ1) is 11.9. The minimum atomic E-state index is 0.545. The number of pyridine rings is 1. The molecule has 1 aromatic carbocycles. The number of fused-ring (bicyclic) bond motifs is 1. The van der Waals surface area contributed by atoms with E-state index in [-0.39, 0.29) is 0 Å². The number of rotatable bonds is 4. The van der Waals surface area contributed by atoms with Crippen molar-refractivity contribution in [1.29, 1.82) is 0 Å². The van der Waals surface area contributed by atoms with Crippen molar-refractivity contribution in [2.45, 2.75) is 32.6 Å². The lowest BCUT2D eigenvalue weighted by Crippen LogP contribution is -1.97. The Kier molecular flexibility index (Phi) is 3.62. The molecule has 2 rings (SSSR count). The molecule has 0 fully saturated rings. The van der Waals surface area contributed by atoms with Gasteiger partial charge in [-0.05, 0) is 24.0 Å². The van der Waals surface area contributed by atoms with Gasteiger partial charge in [0.05, 0.1) is 12.6 Å². The van der Waals surface area contributed by atoms with Crippen LogP contribution in [0.3, 0.4) is 0 Å². The maximum Gasteiger partial charge on any atom is 0.213 e. The molecule has 17 heavy (non-hydrogen) atoms. The molecule has 1 unspecified atom stereocenters. The number of methoxy groups -OCH3 is 1. The Morgan fingerprint density at radius 2 is 2.06 bits per heavy atom. The van der Waals surface area contributed by atoms with Crippen LogP contribution in [0.15, 0.2) is 30.3 Å². The zero-order chi connectivity index (χ0) is 12.3. The predicted molar refractivity (Wildman–Crippen MR) is 71.6 cm³/mol. The van der Waals surface area contributed by atoms with E-state index in [9.17, 15) is 0 Å². The lowest BCUT2D eigenvalue weighted by Gasteiger charge is -2.13. The Balaban J connectivity index is 2.54. The van der Waals surface area contributed by atoms with Gasteiger partial charge in [-0.2, -0.15) is 0 Å². The van der Waals surface area contributed by atoms with Crippen LogP contribution in [0, 0.1) is 0 Å². The van der Waals surface area contributed by atoms with Gasteiger partial charge in [-0.15, -0.1) is 0 Å². The highest BCUT2D eigenvalue weighted by Gasteiger charge is 2.10. The fourth-order valence-corrected chi connectivity index (χ4v) is 2.25. The van der Waals surface area contributed by atoms with Gasteiger partial charge < -0.3 is 4.74 Å². The van der Waals surface area contributed by atoms with Crippen LogP contribution in [0.2, 0.25) is 0 Å². The monoisotopic (exact) mass is 229 g/mol. The van der Waals surface area contributed by atoms with Crippen LogP contribution in [0.4, 0.5) is 0 Å². The Bertz CT molecular complexity index is 507. The highest BCUT2D eigenvalue weighted by atomic mass is 16.5. The number of ether oxygens (including phenoxy) is 1. The van der Waals surface area contributed by atoms with E-state index >= 15 is 0 Å². The second kappa shape index (κ2) is 5.17. The third kappa shape index (κ3) is 2.41. The average molecular weight is 229 g/mol. The summed E-state index contributed by atoms with van der Waals surface area (Å²) in [6, 6.07) is 10.4. The summed E-state index contributed by atoms with van der Waals surface area (Å²) in [4.78, 5) is 4.57. The molecule has 0 saturated carbocycles. The summed E-state index contributed by atoms with van der Waals surface area (Å²) < 4.78 is 5.21. The lowest BCUT2D eigenvalue weighted by atomic mass is 9.94. The van der Waals surface area contributed by atoms with Crippen LogP contribution < -0.4 is 4.74 Å². The molecule has 0 saturated heterocycles. The molecule has 0 N–H and O–H groups in total. The minimum absolute atomic E-state index is 0.545. The zero-order valence-corrected chi connectivity index (χ0v) is 10.7. The SMILES string of the molecule is CCCC(C)c1cccc2ccc(OC)nc12. The quantitative estimate of drug-likeness (QED) is 0.785. The van der Waals surface area contributed by atoms with Gasteiger partial charge in [0.1, 0.15) is 0 Å². The van der Waals surface area contributed by atoms with Crippen LogP contribution >= 0.6 is 0 Å². The number of aromatic nitrogens is 1. The standard InChI is InChI=1S/C15H19NO/c1-4-6-11(2)13-8-5-7-12-9-10-14(17-3)16-15(12)13/h5,7-11H,4,6H2,1-3H3. The largest absolute Gasteiger partial charge is 0.481 e. The summed E-state index contributed by atoms with van der Waals surface area (Å²) in [6.45, 7) is 4.48. The van der Waals surface area contributed by atoms with Gasteiger partial charge in [-0.1, -0.05) is 38.5 Å². The van der Waals surface area contributed by atoms with Crippen molar-refractivity contribution in [3.63, 3.8) is 0 Å². The highest BCUT2D eigenvalue weighted by molar-refractivity contribution is 5.82. The summed E-state index contributed by atoms with van der Waals surface area (Å²) >= 11 is 0. The molecule has 0 bridgehead atoms. The Morgan fingerprint density at radius 1 is 1.24 bits per heavy atom. The van der Waals surface area contributed by atoms with E-state index in [1.54, 1.807) is 7.11 Å². The molecule has 0 amide bonds. The fourth-order valence-electron chi connectivity index (χ4n) is 2.25. The molecule has 1 atom stereocenters. The Hall–Kier alpha value is -1.57. The lowest BCUT2D eigenvalue weighted by molar-refractivity contribution is 0.399. The molecule has 0 spiro atoms. The van der Waals surface area contributed by atoms with Crippen LogP contribution in [0.1, 0.15) is 38.2 Å². The van der Waals surface area contributed by atoms with Crippen LogP contribution in [-0.2, 0) is 0 Å². The van der Waals surface area contributed by atoms with E-state index in [4.69, 9.17) is 4.74 Å². The van der Waals surface area contributed by atoms with E-state index in [2.05, 4.69) is 43.1 Å². The summed E-state index contributed by atoms with van der Waals surface area (Å²) in [6.07, 6.45) is 2.39. The first-order valence-electron chi connectivity index (χ1n) is 6.20. The molecule has 0 radical (unpaired) electrons. The summed E-state index contributed by atoms with van der Waals surface area (Å²) in [5.74, 6) is 1.23. The van der Waals surface area contributed by atoms with Crippen molar-refractivity contribution in [2.24, 2.45) is 0 Å². The van der Waals surface area contributed by atoms with Crippen LogP contribution in [-0.4, -0.2) is 12.1 Å². The number of benzene rings is 1. The van der Waals surface area contributed by atoms with E-state index in [1.807, 2.05) is 6.07 Å². The topological polar surface area (TPSA) is 22.1 Å². The number of hydrogen-bond acceptors (Lipinski definition) is 2. The van der Waals surface area contributed by atoms with Crippen molar-refractivity contribution < 1.29 is 4.74 Å². The number of hydrogen-bond donors (Lipinski definition) is 0. The van der Waals surface area contributed by atoms with Crippen LogP contribution in [0.25, 0.3) is 10.9 Å². The van der Waals surface area contributed by atoms with Gasteiger partial charge in [0.15, 0.2) is 0 Å². The highest BCUT2D eigenvalue weighted by Crippen LogP contribution is 2.28. The predicted octanol–water partition coefficient (Wildman–Crippen LogP) is 4.15. The van der Waals surface area contributed by atoms with Crippen molar-refractivity contribution >= 4 is 10.9 Å². The van der Waals surface area contributed by atoms with Gasteiger partial charge in [-0.3, -0.25) is 0 Å². The van der Waals surface area contributed by atoms with Gasteiger partial charge in [0.25, 0.3) is 0 Å². The molecular formula is C15H19NO. The fraction of sp³-hybridized carbons (Fsp3) is 0.400. The summed E-state index contributed by atoms with van der Waals surface area (Å²) in [5, 5.41) is 1.19. The normalized spacial score (nSPS) is 12.6. The van der Waals surface area contributed by atoms with Crippen molar-refractivity contribution in [2.75, 3.05) is 7.11 Å². The second-order valence-electron chi connectivity index (χ2n) is 4.46. The van der Waals surface area contributed by atoms with Gasteiger partial charge in [-0.25, -0.2) is 4.98 Å². The molecule has 0 aliphatic heterocycles. The molecule has 1 aromatic heterocycles. The van der Waals surface area contributed by atoms with Crippen molar-refractivity contribution in [3.05, 3.63) is 35.9 Å². The molecule has 2 heteroatoms. The summed E-state index contributed by atoms with van der Waals surface area (Å²) in [5.41, 5.74) is 2.40. The number of nitrogens with zero attached hydrogens (tertiary/aromatic N) is 1. The molecule has 2 nitrogen and oxygen atoms in total. The molecular weight excluding hydrogens is 210 g/mol. The third-order valence-electron chi connectivity index (χ3n) is 3.19. The smallest absolute Gasteiger partial charge is 0.213 e. The number of para-hydroxylation sites is 1. The van der Waals surface area contributed by atoms with Gasteiger partial charge >= 0.3 is 0 Å². The zero-order valence-electron chi connectivity index (χ0n) is 10.7. The van der Waals surface area contributed by atoms with E-state index < -0.39 is 0 Å². The first-order chi connectivity index (χ1) is 8.26.